The molecule has 0 fully saturated rings. The molecular formula is C11H7F3N2O2. The second-order valence-electron chi connectivity index (χ2n) is 3.65. The summed E-state index contributed by atoms with van der Waals surface area (Å²) in [6.07, 6.45) is -4.65. The van der Waals surface area contributed by atoms with E-state index in [1.54, 1.807) is 0 Å². The third-order valence-corrected chi connectivity index (χ3v) is 2.32. The third-order valence-electron chi connectivity index (χ3n) is 2.32. The van der Waals surface area contributed by atoms with Crippen molar-refractivity contribution in [2.24, 2.45) is 0 Å². The second kappa shape index (κ2) is 3.94. The van der Waals surface area contributed by atoms with E-state index in [9.17, 15) is 18.0 Å². The van der Waals surface area contributed by atoms with Gasteiger partial charge in [0.05, 0.1) is 11.1 Å². The minimum absolute atomic E-state index is 0.0158. The number of carboxylic acids is 1. The van der Waals surface area contributed by atoms with E-state index in [-0.39, 0.29) is 22.3 Å². The van der Waals surface area contributed by atoms with Crippen molar-refractivity contribution in [2.75, 3.05) is 0 Å². The van der Waals surface area contributed by atoms with Crippen LogP contribution in [-0.4, -0.2) is 21.0 Å². The summed E-state index contributed by atoms with van der Waals surface area (Å²) in [5.41, 5.74) is -1.28. The molecule has 0 saturated heterocycles. The quantitative estimate of drug-likeness (QED) is 0.851. The molecule has 1 N–H and O–H groups in total. The zero-order chi connectivity index (χ0) is 13.5. The maximum absolute atomic E-state index is 12.8. The van der Waals surface area contributed by atoms with E-state index in [2.05, 4.69) is 9.97 Å². The number of aromatic nitrogens is 2. The highest BCUT2D eigenvalue weighted by Gasteiger charge is 2.35. The Morgan fingerprint density at radius 3 is 2.50 bits per heavy atom. The van der Waals surface area contributed by atoms with Gasteiger partial charge in [-0.05, 0) is 25.1 Å². The van der Waals surface area contributed by atoms with E-state index in [1.165, 1.54) is 19.1 Å². The van der Waals surface area contributed by atoms with Gasteiger partial charge < -0.3 is 5.11 Å². The third kappa shape index (κ3) is 2.11. The second-order valence-corrected chi connectivity index (χ2v) is 3.65. The fraction of sp³-hybridized carbons (Fsp3) is 0.182. The Bertz CT molecular complexity index is 638. The zero-order valence-corrected chi connectivity index (χ0v) is 9.12. The van der Waals surface area contributed by atoms with E-state index in [1.807, 2.05) is 0 Å². The molecule has 0 atom stereocenters. The number of carboxylic acid groups (broad SMARTS) is 1. The summed E-state index contributed by atoms with van der Waals surface area (Å²) in [7, 11) is 0. The average molecular weight is 256 g/mol. The van der Waals surface area contributed by atoms with Crippen molar-refractivity contribution >= 4 is 16.9 Å². The number of aryl methyl sites for hydroxylation is 1. The van der Waals surface area contributed by atoms with Crippen molar-refractivity contribution in [3.8, 4) is 0 Å². The van der Waals surface area contributed by atoms with Gasteiger partial charge in [0.2, 0.25) is 0 Å². The maximum Gasteiger partial charge on any atom is 0.434 e. The van der Waals surface area contributed by atoms with Crippen LogP contribution in [0.25, 0.3) is 10.9 Å². The van der Waals surface area contributed by atoms with Crippen LogP contribution in [0.1, 0.15) is 21.9 Å². The first-order valence-electron chi connectivity index (χ1n) is 4.88. The molecule has 7 heteroatoms. The first kappa shape index (κ1) is 12.3. The van der Waals surface area contributed by atoms with Crippen LogP contribution in [0.3, 0.4) is 0 Å². The zero-order valence-electron chi connectivity index (χ0n) is 9.12. The summed E-state index contributed by atoms with van der Waals surface area (Å²) < 4.78 is 38.4. The topological polar surface area (TPSA) is 63.1 Å². The van der Waals surface area contributed by atoms with Gasteiger partial charge in [0, 0.05) is 5.39 Å². The predicted molar refractivity (Wildman–Crippen MR) is 56.2 cm³/mol. The summed E-state index contributed by atoms with van der Waals surface area (Å²) in [6.45, 7) is 1.35. The molecule has 1 aromatic carbocycles. The highest BCUT2D eigenvalue weighted by atomic mass is 19.4. The Kier molecular flexibility index (Phi) is 2.68. The van der Waals surface area contributed by atoms with Gasteiger partial charge in [-0.25, -0.2) is 14.8 Å². The molecule has 0 unspecified atom stereocenters. The van der Waals surface area contributed by atoms with Crippen LogP contribution >= 0.6 is 0 Å². The molecule has 18 heavy (non-hydrogen) atoms. The number of hydrogen-bond donors (Lipinski definition) is 1. The Labute approximate surface area is 99.1 Å². The SMILES string of the molecule is Cc1nc(C(F)(F)F)c2cc(C(=O)O)ccc2n1. The molecule has 1 heterocycles. The van der Waals surface area contributed by atoms with Gasteiger partial charge >= 0.3 is 12.1 Å². The lowest BCUT2D eigenvalue weighted by Gasteiger charge is -2.10. The Hall–Kier alpha value is -2.18. The lowest BCUT2D eigenvalue weighted by Crippen LogP contribution is -2.11. The summed E-state index contributed by atoms with van der Waals surface area (Å²) in [6, 6.07) is 3.37. The summed E-state index contributed by atoms with van der Waals surface area (Å²) >= 11 is 0. The van der Waals surface area contributed by atoms with Crippen LogP contribution in [0, 0.1) is 6.92 Å². The number of rotatable bonds is 1. The van der Waals surface area contributed by atoms with Crippen LogP contribution < -0.4 is 0 Å². The molecule has 0 bridgehead atoms. The summed E-state index contributed by atoms with van der Waals surface area (Å²) in [5, 5.41) is 8.46. The average Bonchev–Trinajstić information content (AvgIpc) is 2.25. The van der Waals surface area contributed by atoms with Gasteiger partial charge in [-0.1, -0.05) is 0 Å². The number of benzene rings is 1. The van der Waals surface area contributed by atoms with Gasteiger partial charge in [-0.15, -0.1) is 0 Å². The van der Waals surface area contributed by atoms with Gasteiger partial charge in [0.25, 0.3) is 0 Å². The van der Waals surface area contributed by atoms with Crippen LogP contribution in [-0.2, 0) is 6.18 Å². The fourth-order valence-electron chi connectivity index (χ4n) is 1.59. The Morgan fingerprint density at radius 1 is 1.28 bits per heavy atom. The number of hydrogen-bond acceptors (Lipinski definition) is 3. The summed E-state index contributed by atoms with van der Waals surface area (Å²) in [5.74, 6) is -1.32. The van der Waals surface area contributed by atoms with Gasteiger partial charge in [0.1, 0.15) is 5.82 Å². The van der Waals surface area contributed by atoms with Crippen LogP contribution in [0.4, 0.5) is 13.2 Å². The van der Waals surface area contributed by atoms with Crippen molar-refractivity contribution in [1.82, 2.24) is 9.97 Å². The molecule has 1 aromatic heterocycles. The highest BCUT2D eigenvalue weighted by molar-refractivity contribution is 5.94. The highest BCUT2D eigenvalue weighted by Crippen LogP contribution is 2.33. The van der Waals surface area contributed by atoms with Crippen molar-refractivity contribution in [3.63, 3.8) is 0 Å². The lowest BCUT2D eigenvalue weighted by molar-refractivity contribution is -0.139. The molecule has 0 aliphatic carbocycles. The lowest BCUT2D eigenvalue weighted by atomic mass is 10.1. The smallest absolute Gasteiger partial charge is 0.434 e. The summed E-state index contributed by atoms with van der Waals surface area (Å²) in [4.78, 5) is 17.9. The molecule has 0 amide bonds. The predicted octanol–water partition coefficient (Wildman–Crippen LogP) is 2.66. The maximum atomic E-state index is 12.8. The number of aromatic carboxylic acids is 1. The fourth-order valence-corrected chi connectivity index (χ4v) is 1.59. The Morgan fingerprint density at radius 2 is 1.94 bits per heavy atom. The van der Waals surface area contributed by atoms with E-state index in [4.69, 9.17) is 5.11 Å². The number of alkyl halides is 3. The standard InChI is InChI=1S/C11H7F3N2O2/c1-5-15-8-3-2-6(10(17)18)4-7(8)9(16-5)11(12,13)14/h2-4H,1H3,(H,17,18). The number of nitrogens with zero attached hydrogens (tertiary/aromatic N) is 2. The van der Waals surface area contributed by atoms with Crippen LogP contribution in [0.5, 0.6) is 0 Å². The molecule has 0 spiro atoms. The van der Waals surface area contributed by atoms with Gasteiger partial charge in [-0.2, -0.15) is 13.2 Å². The van der Waals surface area contributed by atoms with Gasteiger partial charge in [-0.3, -0.25) is 0 Å². The van der Waals surface area contributed by atoms with Crippen molar-refractivity contribution in [3.05, 3.63) is 35.3 Å². The number of fused-ring (bicyclic) bond motifs is 1. The number of halogens is 3. The molecule has 2 rings (SSSR count). The van der Waals surface area contributed by atoms with Crippen LogP contribution in [0.2, 0.25) is 0 Å². The largest absolute Gasteiger partial charge is 0.478 e. The normalized spacial score (nSPS) is 11.8. The van der Waals surface area contributed by atoms with Crippen molar-refractivity contribution in [2.45, 2.75) is 13.1 Å². The molecule has 0 radical (unpaired) electrons. The first-order valence-corrected chi connectivity index (χ1v) is 4.88. The molecule has 0 aliphatic rings. The number of carbonyl (C=O) groups is 1. The van der Waals surface area contributed by atoms with E-state index in [0.717, 1.165) is 6.07 Å². The molecular weight excluding hydrogens is 249 g/mol. The van der Waals surface area contributed by atoms with Crippen molar-refractivity contribution < 1.29 is 23.1 Å². The minimum Gasteiger partial charge on any atom is -0.478 e. The van der Waals surface area contributed by atoms with Crippen LogP contribution in [0.15, 0.2) is 18.2 Å². The molecule has 4 nitrogen and oxygen atoms in total. The first-order chi connectivity index (χ1) is 8.29. The minimum atomic E-state index is -4.65. The molecule has 94 valence electrons. The Balaban J connectivity index is 2.82. The van der Waals surface area contributed by atoms with E-state index < -0.39 is 17.8 Å². The van der Waals surface area contributed by atoms with Crippen molar-refractivity contribution in [1.29, 1.82) is 0 Å². The monoisotopic (exact) mass is 256 g/mol. The molecule has 0 saturated carbocycles. The van der Waals surface area contributed by atoms with Gasteiger partial charge in [0.15, 0.2) is 5.69 Å². The van der Waals surface area contributed by atoms with E-state index in [0.29, 0.717) is 0 Å². The molecule has 2 aromatic rings. The van der Waals surface area contributed by atoms with E-state index >= 15 is 0 Å². The molecule has 0 aliphatic heterocycles.